The Morgan fingerprint density at radius 2 is 1.65 bits per heavy atom. The fraction of sp³-hybridized carbons (Fsp3) is 0.0400. The summed E-state index contributed by atoms with van der Waals surface area (Å²) >= 11 is 0. The minimum atomic E-state index is -4.40. The van der Waals surface area contributed by atoms with Crippen molar-refractivity contribution in [2.45, 2.75) is 6.18 Å². The van der Waals surface area contributed by atoms with Crippen LogP contribution in [-0.4, -0.2) is 10.9 Å². The molecule has 0 spiro atoms. The summed E-state index contributed by atoms with van der Waals surface area (Å²) in [5, 5.41) is 4.46. The lowest BCUT2D eigenvalue weighted by Gasteiger charge is -2.12. The molecule has 0 atom stereocenters. The van der Waals surface area contributed by atoms with Crippen molar-refractivity contribution in [3.8, 4) is 22.5 Å². The van der Waals surface area contributed by atoms with Gasteiger partial charge in [0.05, 0.1) is 17.0 Å². The normalized spacial score (nSPS) is 11.3. The molecule has 0 aliphatic carbocycles. The number of nitrogens with zero attached hydrogens (tertiary/aromatic N) is 1. The highest BCUT2D eigenvalue weighted by Crippen LogP contribution is 2.34. The SMILES string of the molecule is C=CC(=O)Nc1cccc(-c2cc3ccccc3c(-c3ccc(C(F)(F)F)cc3)n2)c1. The molecule has 0 unspecified atom stereocenters. The van der Waals surface area contributed by atoms with Gasteiger partial charge in [-0.1, -0.05) is 55.1 Å². The van der Waals surface area contributed by atoms with Gasteiger partial charge in [0.1, 0.15) is 0 Å². The first-order valence-corrected chi connectivity index (χ1v) is 9.46. The van der Waals surface area contributed by atoms with Gasteiger partial charge in [0.25, 0.3) is 0 Å². The molecule has 6 heteroatoms. The van der Waals surface area contributed by atoms with Gasteiger partial charge < -0.3 is 5.32 Å². The highest BCUT2D eigenvalue weighted by molar-refractivity contribution is 6.00. The van der Waals surface area contributed by atoms with Crippen LogP contribution in [0.2, 0.25) is 0 Å². The highest BCUT2D eigenvalue weighted by Gasteiger charge is 2.30. The molecule has 0 aliphatic rings. The first-order chi connectivity index (χ1) is 14.8. The van der Waals surface area contributed by atoms with Gasteiger partial charge in [-0.15, -0.1) is 0 Å². The Morgan fingerprint density at radius 3 is 2.35 bits per heavy atom. The third kappa shape index (κ3) is 4.33. The van der Waals surface area contributed by atoms with Crippen LogP contribution in [0.15, 0.2) is 91.5 Å². The van der Waals surface area contributed by atoms with Gasteiger partial charge in [0.2, 0.25) is 5.91 Å². The summed E-state index contributed by atoms with van der Waals surface area (Å²) in [5.74, 6) is -0.325. The quantitative estimate of drug-likeness (QED) is 0.374. The zero-order chi connectivity index (χ0) is 22.0. The number of alkyl halides is 3. The van der Waals surface area contributed by atoms with Crippen LogP contribution in [0.4, 0.5) is 18.9 Å². The van der Waals surface area contributed by atoms with Crippen molar-refractivity contribution >= 4 is 22.4 Å². The largest absolute Gasteiger partial charge is 0.416 e. The van der Waals surface area contributed by atoms with E-state index in [1.165, 1.54) is 18.2 Å². The number of amides is 1. The Morgan fingerprint density at radius 1 is 0.903 bits per heavy atom. The van der Waals surface area contributed by atoms with Crippen molar-refractivity contribution < 1.29 is 18.0 Å². The Hall–Kier alpha value is -3.93. The molecule has 0 fully saturated rings. The predicted octanol–water partition coefficient (Wildman–Crippen LogP) is 6.71. The number of rotatable bonds is 4. The number of anilines is 1. The van der Waals surface area contributed by atoms with Gasteiger partial charge in [-0.05, 0) is 41.8 Å². The van der Waals surface area contributed by atoms with Gasteiger partial charge >= 0.3 is 6.18 Å². The summed E-state index contributed by atoms with van der Waals surface area (Å²) in [4.78, 5) is 16.4. The number of hydrogen-bond acceptors (Lipinski definition) is 2. The van der Waals surface area contributed by atoms with E-state index in [0.29, 0.717) is 22.6 Å². The summed E-state index contributed by atoms with van der Waals surface area (Å²) < 4.78 is 38.9. The van der Waals surface area contributed by atoms with E-state index in [9.17, 15) is 18.0 Å². The molecule has 1 heterocycles. The standard InChI is InChI=1S/C25H17F3N2O/c1-2-23(31)29-20-8-5-7-18(14-20)22-15-17-6-3-4-9-21(17)24(30-22)16-10-12-19(13-11-16)25(26,27)28/h2-15H,1H2,(H,29,31). The molecular weight excluding hydrogens is 401 g/mol. The van der Waals surface area contributed by atoms with Crippen molar-refractivity contribution in [1.82, 2.24) is 4.98 Å². The number of carbonyl (C=O) groups is 1. The number of aromatic nitrogens is 1. The molecule has 0 radical (unpaired) electrons. The van der Waals surface area contributed by atoms with Crippen molar-refractivity contribution in [1.29, 1.82) is 0 Å². The van der Waals surface area contributed by atoms with Gasteiger partial charge in [-0.3, -0.25) is 4.79 Å². The number of benzene rings is 3. The fourth-order valence-corrected chi connectivity index (χ4v) is 3.33. The van der Waals surface area contributed by atoms with E-state index < -0.39 is 11.7 Å². The average Bonchev–Trinajstić information content (AvgIpc) is 2.78. The molecule has 0 aliphatic heterocycles. The molecule has 0 saturated carbocycles. The van der Waals surface area contributed by atoms with Crippen molar-refractivity contribution in [3.63, 3.8) is 0 Å². The monoisotopic (exact) mass is 418 g/mol. The van der Waals surface area contributed by atoms with E-state index >= 15 is 0 Å². The van der Waals surface area contributed by atoms with Crippen LogP contribution in [0.5, 0.6) is 0 Å². The van der Waals surface area contributed by atoms with E-state index in [1.807, 2.05) is 36.4 Å². The number of halogens is 3. The Balaban J connectivity index is 1.84. The van der Waals surface area contributed by atoms with Gasteiger partial charge in [0.15, 0.2) is 0 Å². The van der Waals surface area contributed by atoms with Crippen molar-refractivity contribution in [2.24, 2.45) is 0 Å². The zero-order valence-corrected chi connectivity index (χ0v) is 16.3. The lowest BCUT2D eigenvalue weighted by Crippen LogP contribution is -2.07. The first kappa shape index (κ1) is 20.3. The summed E-state index contributed by atoms with van der Waals surface area (Å²) in [6.45, 7) is 3.44. The number of nitrogens with one attached hydrogen (secondary N) is 1. The number of carbonyl (C=O) groups excluding carboxylic acids is 1. The minimum Gasteiger partial charge on any atom is -0.323 e. The van der Waals surface area contributed by atoms with Crippen LogP contribution in [0.3, 0.4) is 0 Å². The highest BCUT2D eigenvalue weighted by atomic mass is 19.4. The summed E-state index contributed by atoms with van der Waals surface area (Å²) in [5.41, 5.74) is 2.46. The third-order valence-corrected chi connectivity index (χ3v) is 4.84. The lowest BCUT2D eigenvalue weighted by atomic mass is 10.00. The minimum absolute atomic E-state index is 0.325. The van der Waals surface area contributed by atoms with E-state index in [0.717, 1.165) is 28.5 Å². The molecule has 3 nitrogen and oxygen atoms in total. The van der Waals surface area contributed by atoms with Gasteiger partial charge in [-0.2, -0.15) is 13.2 Å². The van der Waals surface area contributed by atoms with Crippen LogP contribution in [0, 0.1) is 0 Å². The molecule has 4 aromatic rings. The summed E-state index contributed by atoms with van der Waals surface area (Å²) in [6, 6.07) is 21.7. The predicted molar refractivity (Wildman–Crippen MR) is 116 cm³/mol. The maximum absolute atomic E-state index is 13.0. The fourth-order valence-electron chi connectivity index (χ4n) is 3.33. The maximum atomic E-state index is 13.0. The van der Waals surface area contributed by atoms with Crippen LogP contribution in [0.25, 0.3) is 33.3 Å². The lowest BCUT2D eigenvalue weighted by molar-refractivity contribution is -0.137. The molecular formula is C25H17F3N2O. The molecule has 4 rings (SSSR count). The first-order valence-electron chi connectivity index (χ1n) is 9.46. The van der Waals surface area contributed by atoms with E-state index in [4.69, 9.17) is 4.98 Å². The molecule has 1 amide bonds. The summed E-state index contributed by atoms with van der Waals surface area (Å²) in [6.07, 6.45) is -3.21. The summed E-state index contributed by atoms with van der Waals surface area (Å²) in [7, 11) is 0. The molecule has 31 heavy (non-hydrogen) atoms. The third-order valence-electron chi connectivity index (χ3n) is 4.84. The Labute approximate surface area is 176 Å². The molecule has 1 aromatic heterocycles. The van der Waals surface area contributed by atoms with Gasteiger partial charge in [0, 0.05) is 22.2 Å². The van der Waals surface area contributed by atoms with Crippen LogP contribution >= 0.6 is 0 Å². The Bertz CT molecular complexity index is 1280. The van der Waals surface area contributed by atoms with E-state index in [1.54, 1.807) is 18.2 Å². The second kappa shape index (κ2) is 8.07. The van der Waals surface area contributed by atoms with Gasteiger partial charge in [-0.25, -0.2) is 4.98 Å². The molecule has 1 N–H and O–H groups in total. The number of pyridine rings is 1. The maximum Gasteiger partial charge on any atom is 0.416 e. The smallest absolute Gasteiger partial charge is 0.323 e. The Kier molecular flexibility index (Phi) is 5.29. The number of fused-ring (bicyclic) bond motifs is 1. The van der Waals surface area contributed by atoms with Crippen LogP contribution in [0.1, 0.15) is 5.56 Å². The topological polar surface area (TPSA) is 42.0 Å². The van der Waals surface area contributed by atoms with E-state index in [2.05, 4.69) is 11.9 Å². The molecule has 0 bridgehead atoms. The zero-order valence-electron chi connectivity index (χ0n) is 16.3. The molecule has 3 aromatic carbocycles. The molecule has 0 saturated heterocycles. The van der Waals surface area contributed by atoms with E-state index in [-0.39, 0.29) is 5.91 Å². The van der Waals surface area contributed by atoms with Crippen molar-refractivity contribution in [3.05, 3.63) is 97.1 Å². The van der Waals surface area contributed by atoms with Crippen molar-refractivity contribution in [2.75, 3.05) is 5.32 Å². The molecule has 154 valence electrons. The number of hydrogen-bond donors (Lipinski definition) is 1. The second-order valence-corrected chi connectivity index (χ2v) is 6.93. The van der Waals surface area contributed by atoms with Crippen LogP contribution < -0.4 is 5.32 Å². The van der Waals surface area contributed by atoms with Crippen LogP contribution in [-0.2, 0) is 11.0 Å². The average molecular weight is 418 g/mol. The second-order valence-electron chi connectivity index (χ2n) is 6.93.